The molecule has 22 heavy (non-hydrogen) atoms. The Labute approximate surface area is 130 Å². The van der Waals surface area contributed by atoms with Crippen LogP contribution in [0.2, 0.25) is 0 Å². The number of halogens is 1. The molecule has 2 rings (SSSR count). The average Bonchev–Trinajstić information content (AvgIpc) is 2.48. The van der Waals surface area contributed by atoms with Gasteiger partial charge < -0.3 is 10.6 Å². The van der Waals surface area contributed by atoms with Gasteiger partial charge in [-0.15, -0.1) is 0 Å². The van der Waals surface area contributed by atoms with Gasteiger partial charge in [0.2, 0.25) is 0 Å². The van der Waals surface area contributed by atoms with Gasteiger partial charge in [0.25, 0.3) is 0 Å². The second kappa shape index (κ2) is 7.07. The minimum Gasteiger partial charge on any atom is -0.332 e. The molecule has 0 heterocycles. The van der Waals surface area contributed by atoms with Crippen LogP contribution in [0.15, 0.2) is 48.5 Å². The highest BCUT2D eigenvalue weighted by Crippen LogP contribution is 2.17. The summed E-state index contributed by atoms with van der Waals surface area (Å²) in [4.78, 5) is 12.1. The summed E-state index contributed by atoms with van der Waals surface area (Å²) in [5.74, 6) is -0.284. The highest BCUT2D eigenvalue weighted by Gasteiger charge is 2.14. The molecule has 2 unspecified atom stereocenters. The first kappa shape index (κ1) is 16.0. The Morgan fingerprint density at radius 1 is 0.955 bits per heavy atom. The molecule has 0 saturated carbocycles. The van der Waals surface area contributed by atoms with E-state index < -0.39 is 0 Å². The predicted octanol–water partition coefficient (Wildman–Crippen LogP) is 4.26. The van der Waals surface area contributed by atoms with Gasteiger partial charge in [0.1, 0.15) is 5.82 Å². The molecule has 2 amide bonds. The Hall–Kier alpha value is -2.36. The normalized spacial score (nSPS) is 13.3. The molecule has 0 aliphatic rings. The molecular weight excluding hydrogens is 279 g/mol. The van der Waals surface area contributed by atoms with Crippen molar-refractivity contribution in [2.45, 2.75) is 32.9 Å². The summed E-state index contributed by atoms with van der Waals surface area (Å²) in [5, 5.41) is 5.79. The number of carbonyl (C=O) groups excluding carboxylic acids is 1. The number of hydrogen-bond acceptors (Lipinski definition) is 1. The van der Waals surface area contributed by atoms with E-state index in [-0.39, 0.29) is 23.9 Å². The summed E-state index contributed by atoms with van der Waals surface area (Å²) >= 11 is 0. The van der Waals surface area contributed by atoms with Gasteiger partial charge in [-0.25, -0.2) is 9.18 Å². The van der Waals surface area contributed by atoms with E-state index in [0.717, 1.165) is 16.7 Å². The van der Waals surface area contributed by atoms with Crippen LogP contribution in [0.5, 0.6) is 0 Å². The number of benzene rings is 2. The van der Waals surface area contributed by atoms with Crippen molar-refractivity contribution >= 4 is 6.03 Å². The van der Waals surface area contributed by atoms with Crippen LogP contribution < -0.4 is 10.6 Å². The Kier molecular flexibility index (Phi) is 5.15. The maximum atomic E-state index is 12.9. The highest BCUT2D eigenvalue weighted by atomic mass is 19.1. The van der Waals surface area contributed by atoms with Gasteiger partial charge in [-0.3, -0.25) is 0 Å². The van der Waals surface area contributed by atoms with Crippen molar-refractivity contribution in [1.82, 2.24) is 10.6 Å². The number of urea groups is 1. The third kappa shape index (κ3) is 4.07. The number of rotatable bonds is 4. The number of nitrogens with one attached hydrogen (secondary N) is 2. The van der Waals surface area contributed by atoms with E-state index in [1.54, 1.807) is 12.1 Å². The van der Waals surface area contributed by atoms with Gasteiger partial charge in [-0.2, -0.15) is 0 Å². The van der Waals surface area contributed by atoms with E-state index in [0.29, 0.717) is 0 Å². The molecule has 0 bridgehead atoms. The summed E-state index contributed by atoms with van der Waals surface area (Å²) in [6.07, 6.45) is 0. The first-order chi connectivity index (χ1) is 10.5. The first-order valence-corrected chi connectivity index (χ1v) is 7.35. The van der Waals surface area contributed by atoms with E-state index >= 15 is 0 Å². The Morgan fingerprint density at radius 3 is 2.18 bits per heavy atom. The fourth-order valence-corrected chi connectivity index (χ4v) is 2.42. The lowest BCUT2D eigenvalue weighted by molar-refractivity contribution is 0.235. The van der Waals surface area contributed by atoms with Gasteiger partial charge in [-0.05, 0) is 49.6 Å². The van der Waals surface area contributed by atoms with E-state index in [2.05, 4.69) is 10.6 Å². The minimum atomic E-state index is -0.284. The molecule has 0 radical (unpaired) electrons. The van der Waals surface area contributed by atoms with Crippen LogP contribution in [-0.2, 0) is 0 Å². The third-order valence-electron chi connectivity index (χ3n) is 3.72. The third-order valence-corrected chi connectivity index (χ3v) is 3.72. The molecule has 2 aromatic carbocycles. The van der Waals surface area contributed by atoms with Crippen LogP contribution in [0.1, 0.15) is 42.6 Å². The van der Waals surface area contributed by atoms with Crippen LogP contribution in [-0.4, -0.2) is 6.03 Å². The molecule has 116 valence electrons. The molecule has 2 aromatic rings. The van der Waals surface area contributed by atoms with Crippen LogP contribution in [0.3, 0.4) is 0 Å². The lowest BCUT2D eigenvalue weighted by Gasteiger charge is -2.20. The molecule has 0 spiro atoms. The van der Waals surface area contributed by atoms with Gasteiger partial charge in [0, 0.05) is 0 Å². The summed E-state index contributed by atoms with van der Waals surface area (Å²) in [6.45, 7) is 5.84. The fraction of sp³-hybridized carbons (Fsp3) is 0.278. The average molecular weight is 300 g/mol. The van der Waals surface area contributed by atoms with Gasteiger partial charge in [-0.1, -0.05) is 36.4 Å². The lowest BCUT2D eigenvalue weighted by Crippen LogP contribution is -2.38. The largest absolute Gasteiger partial charge is 0.332 e. The number of amides is 2. The molecule has 0 aliphatic carbocycles. The second-order valence-electron chi connectivity index (χ2n) is 5.47. The van der Waals surface area contributed by atoms with Crippen molar-refractivity contribution in [3.8, 4) is 0 Å². The van der Waals surface area contributed by atoms with E-state index in [9.17, 15) is 9.18 Å². The van der Waals surface area contributed by atoms with Crippen molar-refractivity contribution in [3.05, 3.63) is 71.0 Å². The predicted molar refractivity (Wildman–Crippen MR) is 86.1 cm³/mol. The van der Waals surface area contributed by atoms with E-state index in [1.165, 1.54) is 12.1 Å². The van der Waals surface area contributed by atoms with Crippen molar-refractivity contribution in [2.24, 2.45) is 0 Å². The molecular formula is C18H21FN2O. The molecule has 4 heteroatoms. The van der Waals surface area contributed by atoms with Gasteiger partial charge >= 0.3 is 6.03 Å². The molecule has 0 saturated heterocycles. The van der Waals surface area contributed by atoms with Crippen LogP contribution in [0.25, 0.3) is 0 Å². The topological polar surface area (TPSA) is 41.1 Å². The van der Waals surface area contributed by atoms with E-state index in [1.807, 2.05) is 45.0 Å². The smallest absolute Gasteiger partial charge is 0.315 e. The zero-order chi connectivity index (χ0) is 16.1. The quantitative estimate of drug-likeness (QED) is 0.870. The molecule has 0 aliphatic heterocycles. The van der Waals surface area contributed by atoms with Crippen molar-refractivity contribution < 1.29 is 9.18 Å². The minimum absolute atomic E-state index is 0.0818. The lowest BCUT2D eigenvalue weighted by atomic mass is 10.0. The van der Waals surface area contributed by atoms with Crippen LogP contribution in [0.4, 0.5) is 9.18 Å². The SMILES string of the molecule is Cc1ccccc1C(C)NC(=O)NC(C)c1ccc(F)cc1. The zero-order valence-corrected chi connectivity index (χ0v) is 13.1. The number of carbonyl (C=O) groups is 1. The Morgan fingerprint density at radius 2 is 1.55 bits per heavy atom. The number of aryl methyl sites for hydroxylation is 1. The Balaban J connectivity index is 1.95. The summed E-state index contributed by atoms with van der Waals surface area (Å²) < 4.78 is 12.9. The molecule has 2 atom stereocenters. The summed E-state index contributed by atoms with van der Waals surface area (Å²) in [5.41, 5.74) is 3.09. The van der Waals surface area contributed by atoms with Crippen molar-refractivity contribution in [3.63, 3.8) is 0 Å². The van der Waals surface area contributed by atoms with Crippen molar-refractivity contribution in [1.29, 1.82) is 0 Å². The van der Waals surface area contributed by atoms with Gasteiger partial charge in [0.15, 0.2) is 0 Å². The van der Waals surface area contributed by atoms with Crippen LogP contribution in [0, 0.1) is 12.7 Å². The van der Waals surface area contributed by atoms with Gasteiger partial charge in [0.05, 0.1) is 12.1 Å². The molecule has 0 fully saturated rings. The van der Waals surface area contributed by atoms with Crippen molar-refractivity contribution in [2.75, 3.05) is 0 Å². The zero-order valence-electron chi connectivity index (χ0n) is 13.1. The van der Waals surface area contributed by atoms with Crippen LogP contribution >= 0.6 is 0 Å². The summed E-state index contributed by atoms with van der Waals surface area (Å²) in [6, 6.07) is 13.6. The maximum absolute atomic E-state index is 12.9. The fourth-order valence-electron chi connectivity index (χ4n) is 2.42. The Bertz CT molecular complexity index is 640. The van der Waals surface area contributed by atoms with E-state index in [4.69, 9.17) is 0 Å². The first-order valence-electron chi connectivity index (χ1n) is 7.35. The molecule has 2 N–H and O–H groups in total. The molecule has 3 nitrogen and oxygen atoms in total. The summed E-state index contributed by atoms with van der Waals surface area (Å²) in [7, 11) is 0. The highest BCUT2D eigenvalue weighted by molar-refractivity contribution is 5.75. The second-order valence-corrected chi connectivity index (χ2v) is 5.47. The molecule has 0 aromatic heterocycles. The maximum Gasteiger partial charge on any atom is 0.315 e. The monoisotopic (exact) mass is 300 g/mol. The standard InChI is InChI=1S/C18H21FN2O/c1-12-6-4-5-7-17(12)14(3)21-18(22)20-13(2)15-8-10-16(19)11-9-15/h4-11,13-14H,1-3H3,(H2,20,21,22). The number of hydrogen-bond donors (Lipinski definition) is 2.